The monoisotopic (exact) mass is 434 g/mol. The Morgan fingerprint density at radius 2 is 1.71 bits per heavy atom. The molecule has 4 aromatic rings. The Balaban J connectivity index is 1.91. The summed E-state index contributed by atoms with van der Waals surface area (Å²) in [6, 6.07) is 13.9. The second-order valence-corrected chi connectivity index (χ2v) is 6.90. The van der Waals surface area contributed by atoms with Gasteiger partial charge in [0.25, 0.3) is 0 Å². The van der Waals surface area contributed by atoms with Crippen LogP contribution in [0.2, 0.25) is 0 Å². The molecule has 1 aromatic heterocycles. The number of amides is 1. The van der Waals surface area contributed by atoms with Crippen LogP contribution in [-0.4, -0.2) is 17.1 Å². The number of rotatable bonds is 5. The van der Waals surface area contributed by atoms with Crippen LogP contribution >= 0.6 is 0 Å². The minimum Gasteiger partial charge on any atom is -0.435 e. The van der Waals surface area contributed by atoms with Crippen LogP contribution in [-0.2, 0) is 12.7 Å². The highest BCUT2D eigenvalue weighted by molar-refractivity contribution is 6.18. The third kappa shape index (κ3) is 3.90. The molecule has 0 spiro atoms. The number of carbonyl (C=O) groups is 1. The Kier molecular flexibility index (Phi) is 5.04. The number of benzene rings is 3. The van der Waals surface area contributed by atoms with Crippen LogP contribution in [0.25, 0.3) is 21.8 Å². The smallest absolute Gasteiger partial charge is 0.416 e. The number of fused-ring (bicyclic) bond motifs is 3. The average Bonchev–Trinajstić information content (AvgIpc) is 3.01. The van der Waals surface area contributed by atoms with Gasteiger partial charge in [0.15, 0.2) is 0 Å². The summed E-state index contributed by atoms with van der Waals surface area (Å²) >= 11 is 0. The van der Waals surface area contributed by atoms with E-state index in [4.69, 9.17) is 5.73 Å². The molecule has 2 N–H and O–H groups in total. The van der Waals surface area contributed by atoms with Gasteiger partial charge in [-0.3, -0.25) is 4.79 Å². The van der Waals surface area contributed by atoms with Crippen molar-refractivity contribution >= 4 is 27.7 Å². The van der Waals surface area contributed by atoms with Gasteiger partial charge in [-0.15, -0.1) is 0 Å². The molecule has 3 aromatic carbocycles. The van der Waals surface area contributed by atoms with Crippen molar-refractivity contribution in [1.82, 2.24) is 4.57 Å². The number of alkyl halides is 5. The molecule has 0 bridgehead atoms. The lowest BCUT2D eigenvalue weighted by atomic mass is 10.0. The molecule has 0 unspecified atom stereocenters. The molecule has 9 heteroatoms. The van der Waals surface area contributed by atoms with Crippen LogP contribution in [0.1, 0.15) is 21.5 Å². The molecule has 0 saturated heterocycles. The van der Waals surface area contributed by atoms with E-state index in [1.54, 1.807) is 28.8 Å². The van der Waals surface area contributed by atoms with Crippen molar-refractivity contribution in [3.63, 3.8) is 0 Å². The van der Waals surface area contributed by atoms with E-state index in [0.717, 1.165) is 12.1 Å². The van der Waals surface area contributed by atoms with E-state index in [-0.39, 0.29) is 23.4 Å². The Labute approximate surface area is 172 Å². The Bertz CT molecular complexity index is 1280. The Hall–Kier alpha value is -3.62. The van der Waals surface area contributed by atoms with E-state index in [1.165, 1.54) is 24.3 Å². The first kappa shape index (κ1) is 20.6. The molecule has 0 radical (unpaired) electrons. The minimum atomic E-state index is -4.55. The highest BCUT2D eigenvalue weighted by Crippen LogP contribution is 2.37. The van der Waals surface area contributed by atoms with Gasteiger partial charge in [-0.05, 0) is 42.0 Å². The number of halogens is 5. The molecule has 0 aliphatic heterocycles. The van der Waals surface area contributed by atoms with Gasteiger partial charge in [0.05, 0.1) is 16.6 Å². The van der Waals surface area contributed by atoms with Gasteiger partial charge >= 0.3 is 12.8 Å². The fraction of sp³-hybridized carbons (Fsp3) is 0.136. The third-order valence-electron chi connectivity index (χ3n) is 4.97. The maximum atomic E-state index is 13.3. The first-order chi connectivity index (χ1) is 14.6. The van der Waals surface area contributed by atoms with E-state index in [1.807, 2.05) is 0 Å². The van der Waals surface area contributed by atoms with Crippen LogP contribution in [0, 0.1) is 0 Å². The largest absolute Gasteiger partial charge is 0.435 e. The number of nitrogens with zero attached hydrogens (tertiary/aromatic N) is 1. The van der Waals surface area contributed by atoms with Crippen LogP contribution in [0.15, 0.2) is 60.7 Å². The number of primary amides is 1. The average molecular weight is 434 g/mol. The first-order valence-electron chi connectivity index (χ1n) is 9.11. The van der Waals surface area contributed by atoms with Crippen molar-refractivity contribution in [2.75, 3.05) is 0 Å². The van der Waals surface area contributed by atoms with Gasteiger partial charge < -0.3 is 15.0 Å². The normalized spacial score (nSPS) is 12.1. The summed E-state index contributed by atoms with van der Waals surface area (Å²) in [6.45, 7) is -2.82. The zero-order valence-electron chi connectivity index (χ0n) is 15.8. The van der Waals surface area contributed by atoms with E-state index < -0.39 is 24.3 Å². The predicted molar refractivity (Wildman–Crippen MR) is 105 cm³/mol. The van der Waals surface area contributed by atoms with E-state index in [0.29, 0.717) is 21.9 Å². The molecule has 160 valence electrons. The molecule has 0 fully saturated rings. The summed E-state index contributed by atoms with van der Waals surface area (Å²) in [5, 5.41) is 0.909. The Morgan fingerprint density at radius 1 is 1.00 bits per heavy atom. The molecule has 1 amide bonds. The standard InChI is InChI=1S/C22H15F5N2O2/c23-21(24)31-14-7-4-12(5-8-14)11-29-17-3-1-2-16(20(28)30)19(17)15-9-6-13(10-18(15)29)22(25,26)27/h1-10,21H,11H2,(H2,28,30). The minimum absolute atomic E-state index is 0.0312. The Morgan fingerprint density at radius 3 is 2.32 bits per heavy atom. The zero-order valence-corrected chi connectivity index (χ0v) is 15.8. The number of hydrogen-bond donors (Lipinski definition) is 1. The topological polar surface area (TPSA) is 57.2 Å². The molecule has 4 nitrogen and oxygen atoms in total. The maximum Gasteiger partial charge on any atom is 0.416 e. The molecular weight excluding hydrogens is 419 g/mol. The summed E-state index contributed by atoms with van der Waals surface area (Å²) in [4.78, 5) is 11.9. The SMILES string of the molecule is NC(=O)c1cccc2c1c1ccc(C(F)(F)F)cc1n2Cc1ccc(OC(F)F)cc1. The van der Waals surface area contributed by atoms with Gasteiger partial charge in [-0.1, -0.05) is 24.3 Å². The zero-order chi connectivity index (χ0) is 22.3. The molecule has 0 saturated carbocycles. The van der Waals surface area contributed by atoms with E-state index in [2.05, 4.69) is 4.74 Å². The molecule has 0 aliphatic rings. The van der Waals surface area contributed by atoms with Crippen molar-refractivity contribution in [2.24, 2.45) is 5.73 Å². The molecule has 4 rings (SSSR count). The second-order valence-electron chi connectivity index (χ2n) is 6.90. The van der Waals surface area contributed by atoms with Crippen molar-refractivity contribution in [3.05, 3.63) is 77.4 Å². The lowest BCUT2D eigenvalue weighted by molar-refractivity contribution is -0.137. The summed E-state index contributed by atoms with van der Waals surface area (Å²) in [6.07, 6.45) is -4.55. The highest BCUT2D eigenvalue weighted by Gasteiger charge is 2.31. The molecule has 0 aliphatic carbocycles. The summed E-state index contributed by atoms with van der Waals surface area (Å²) in [5.41, 5.74) is 6.29. The van der Waals surface area contributed by atoms with Gasteiger partial charge in [-0.25, -0.2) is 0 Å². The van der Waals surface area contributed by atoms with E-state index >= 15 is 0 Å². The number of ether oxygens (including phenoxy) is 1. The number of nitrogens with two attached hydrogens (primary N) is 1. The van der Waals surface area contributed by atoms with Crippen molar-refractivity contribution < 1.29 is 31.5 Å². The van der Waals surface area contributed by atoms with Gasteiger partial charge in [0, 0.05) is 22.9 Å². The van der Waals surface area contributed by atoms with Gasteiger partial charge in [-0.2, -0.15) is 22.0 Å². The quantitative estimate of drug-likeness (QED) is 0.418. The number of carbonyl (C=O) groups excluding carboxylic acids is 1. The van der Waals surface area contributed by atoms with Crippen LogP contribution in [0.5, 0.6) is 5.75 Å². The fourth-order valence-corrected chi connectivity index (χ4v) is 3.66. The summed E-state index contributed by atoms with van der Waals surface area (Å²) in [7, 11) is 0. The lowest BCUT2D eigenvalue weighted by Crippen LogP contribution is -2.11. The van der Waals surface area contributed by atoms with Crippen LogP contribution in [0.3, 0.4) is 0 Å². The summed E-state index contributed by atoms with van der Waals surface area (Å²) in [5.74, 6) is -0.727. The van der Waals surface area contributed by atoms with Gasteiger partial charge in [0.1, 0.15) is 5.75 Å². The lowest BCUT2D eigenvalue weighted by Gasteiger charge is -2.11. The van der Waals surface area contributed by atoms with Crippen LogP contribution < -0.4 is 10.5 Å². The van der Waals surface area contributed by atoms with Crippen molar-refractivity contribution in [2.45, 2.75) is 19.3 Å². The van der Waals surface area contributed by atoms with E-state index in [9.17, 15) is 26.7 Å². The molecule has 1 heterocycles. The number of aromatic nitrogens is 1. The van der Waals surface area contributed by atoms with Crippen LogP contribution in [0.4, 0.5) is 22.0 Å². The fourth-order valence-electron chi connectivity index (χ4n) is 3.66. The molecule has 31 heavy (non-hydrogen) atoms. The third-order valence-corrected chi connectivity index (χ3v) is 4.97. The highest BCUT2D eigenvalue weighted by atomic mass is 19.4. The maximum absolute atomic E-state index is 13.3. The van der Waals surface area contributed by atoms with Crippen molar-refractivity contribution in [3.8, 4) is 5.75 Å². The molecule has 0 atom stereocenters. The molecular formula is C22H15F5N2O2. The summed E-state index contributed by atoms with van der Waals surface area (Å²) < 4.78 is 70.7. The first-order valence-corrected chi connectivity index (χ1v) is 9.11. The second kappa shape index (κ2) is 7.57. The number of hydrogen-bond acceptors (Lipinski definition) is 2. The van der Waals surface area contributed by atoms with Gasteiger partial charge in [0.2, 0.25) is 5.91 Å². The van der Waals surface area contributed by atoms with Crippen molar-refractivity contribution in [1.29, 1.82) is 0 Å². The predicted octanol–water partition coefficient (Wildman–Crippen LogP) is 5.56.